The summed E-state index contributed by atoms with van der Waals surface area (Å²) in [5.74, 6) is 0.548. The number of aliphatic hydroxyl groups excluding tert-OH is 1. The van der Waals surface area contributed by atoms with E-state index in [1.165, 1.54) is 0 Å². The third-order valence-electron chi connectivity index (χ3n) is 2.63. The number of hydrogen-bond acceptors (Lipinski definition) is 3. The van der Waals surface area contributed by atoms with E-state index in [1.807, 2.05) is 0 Å². The van der Waals surface area contributed by atoms with Crippen LogP contribution in [-0.2, 0) is 0 Å². The van der Waals surface area contributed by atoms with Gasteiger partial charge in [-0.15, -0.1) is 0 Å². The first-order valence-corrected chi connectivity index (χ1v) is 6.52. The Morgan fingerprint density at radius 2 is 2.22 bits per heavy atom. The van der Waals surface area contributed by atoms with Crippen molar-refractivity contribution in [3.8, 4) is 5.75 Å². The Morgan fingerprint density at radius 3 is 2.78 bits per heavy atom. The normalized spacial score (nSPS) is 12.1. The fourth-order valence-electron chi connectivity index (χ4n) is 1.48. The van der Waals surface area contributed by atoms with Crippen molar-refractivity contribution in [3.63, 3.8) is 0 Å². The number of carbonyl (C=O) groups excluding carboxylic acids is 1. The molecule has 4 nitrogen and oxygen atoms in total. The lowest BCUT2D eigenvalue weighted by Gasteiger charge is -2.19. The molecule has 0 saturated heterocycles. The Morgan fingerprint density at radius 1 is 1.56 bits per heavy atom. The summed E-state index contributed by atoms with van der Waals surface area (Å²) in [4.78, 5) is 13.8. The number of benzene rings is 1. The van der Waals surface area contributed by atoms with Gasteiger partial charge in [0.05, 0.1) is 18.8 Å². The largest absolute Gasteiger partial charge is 0.497 e. The Balaban J connectivity index is 2.82. The van der Waals surface area contributed by atoms with Crippen LogP contribution < -0.4 is 4.74 Å². The zero-order valence-electron chi connectivity index (χ0n) is 10.8. The Kier molecular flexibility index (Phi) is 5.62. The topological polar surface area (TPSA) is 49.8 Å². The molecule has 1 aromatic rings. The molecule has 0 saturated carbocycles. The molecule has 5 heteroatoms. The molecular formula is C13H18BrNO3. The summed E-state index contributed by atoms with van der Waals surface area (Å²) in [5.41, 5.74) is 0.558. The minimum atomic E-state index is -0.408. The zero-order chi connectivity index (χ0) is 13.7. The van der Waals surface area contributed by atoms with Crippen LogP contribution in [0, 0.1) is 0 Å². The summed E-state index contributed by atoms with van der Waals surface area (Å²) in [6.45, 7) is 2.22. The van der Waals surface area contributed by atoms with Crippen LogP contribution in [0.4, 0.5) is 0 Å². The van der Waals surface area contributed by atoms with Gasteiger partial charge in [-0.3, -0.25) is 4.79 Å². The molecule has 1 atom stereocenters. The molecule has 18 heavy (non-hydrogen) atoms. The first kappa shape index (κ1) is 15.0. The monoisotopic (exact) mass is 315 g/mol. The van der Waals surface area contributed by atoms with Crippen LogP contribution in [0.2, 0.25) is 0 Å². The summed E-state index contributed by atoms with van der Waals surface area (Å²) < 4.78 is 5.84. The van der Waals surface area contributed by atoms with Gasteiger partial charge in [0.15, 0.2) is 0 Å². The van der Waals surface area contributed by atoms with Gasteiger partial charge in [0, 0.05) is 18.1 Å². The molecule has 100 valence electrons. The highest BCUT2D eigenvalue weighted by molar-refractivity contribution is 9.10. The molecule has 0 aromatic heterocycles. The van der Waals surface area contributed by atoms with Crippen LogP contribution >= 0.6 is 15.9 Å². The fraction of sp³-hybridized carbons (Fsp3) is 0.462. The maximum atomic E-state index is 12.2. The highest BCUT2D eigenvalue weighted by Crippen LogP contribution is 2.23. The lowest BCUT2D eigenvalue weighted by molar-refractivity contribution is 0.0767. The van der Waals surface area contributed by atoms with Crippen molar-refractivity contribution in [3.05, 3.63) is 28.2 Å². The van der Waals surface area contributed by atoms with Crippen LogP contribution in [0.5, 0.6) is 5.75 Å². The van der Waals surface area contributed by atoms with Crippen molar-refractivity contribution < 1.29 is 14.6 Å². The smallest absolute Gasteiger partial charge is 0.254 e. The van der Waals surface area contributed by atoms with Crippen molar-refractivity contribution in [1.82, 2.24) is 4.90 Å². The van der Waals surface area contributed by atoms with E-state index in [0.29, 0.717) is 24.3 Å². The maximum Gasteiger partial charge on any atom is 0.254 e. The van der Waals surface area contributed by atoms with Gasteiger partial charge in [-0.25, -0.2) is 0 Å². The number of ether oxygens (including phenoxy) is 1. The van der Waals surface area contributed by atoms with E-state index in [-0.39, 0.29) is 5.91 Å². The standard InChI is InChI=1S/C13H18BrNO3/c1-9(16)6-7-15(2)13(17)11-8-10(18-3)4-5-12(11)14/h4-5,8-9,16H,6-7H2,1-3H3. The summed E-state index contributed by atoms with van der Waals surface area (Å²) in [6, 6.07) is 5.27. The van der Waals surface area contributed by atoms with Gasteiger partial charge in [0.25, 0.3) is 5.91 Å². The summed E-state index contributed by atoms with van der Waals surface area (Å²) in [6.07, 6.45) is 0.151. The molecule has 0 spiro atoms. The number of aliphatic hydroxyl groups is 1. The molecule has 1 rings (SSSR count). The number of carbonyl (C=O) groups is 1. The quantitative estimate of drug-likeness (QED) is 0.907. The van der Waals surface area contributed by atoms with Gasteiger partial charge < -0.3 is 14.7 Å². The molecule has 1 N–H and O–H groups in total. The molecule has 0 radical (unpaired) electrons. The lowest BCUT2D eigenvalue weighted by atomic mass is 10.2. The van der Waals surface area contributed by atoms with Gasteiger partial charge in [0.1, 0.15) is 5.75 Å². The van der Waals surface area contributed by atoms with Crippen LogP contribution in [0.25, 0.3) is 0 Å². The summed E-state index contributed by atoms with van der Waals surface area (Å²) in [7, 11) is 3.28. The highest BCUT2D eigenvalue weighted by Gasteiger charge is 2.16. The second kappa shape index (κ2) is 6.75. The zero-order valence-corrected chi connectivity index (χ0v) is 12.4. The number of nitrogens with zero attached hydrogens (tertiary/aromatic N) is 1. The molecule has 0 heterocycles. The van der Waals surface area contributed by atoms with Crippen LogP contribution in [0.3, 0.4) is 0 Å². The lowest BCUT2D eigenvalue weighted by Crippen LogP contribution is -2.29. The summed E-state index contributed by atoms with van der Waals surface area (Å²) in [5, 5.41) is 9.22. The van der Waals surface area contributed by atoms with Gasteiger partial charge in [-0.1, -0.05) is 0 Å². The average Bonchev–Trinajstić information content (AvgIpc) is 2.35. The second-order valence-corrected chi connectivity index (χ2v) is 5.06. The Labute approximate surface area is 116 Å². The van der Waals surface area contributed by atoms with E-state index in [4.69, 9.17) is 4.74 Å². The van der Waals surface area contributed by atoms with Crippen molar-refractivity contribution in [2.24, 2.45) is 0 Å². The SMILES string of the molecule is COc1ccc(Br)c(C(=O)N(C)CCC(C)O)c1. The van der Waals surface area contributed by atoms with Crippen molar-refractivity contribution in [1.29, 1.82) is 0 Å². The molecule has 0 fully saturated rings. The predicted octanol–water partition coefficient (Wildman–Crippen LogP) is 2.30. The molecule has 1 unspecified atom stereocenters. The van der Waals surface area contributed by atoms with Crippen molar-refractivity contribution >= 4 is 21.8 Å². The number of rotatable bonds is 5. The van der Waals surface area contributed by atoms with E-state index in [9.17, 15) is 9.90 Å². The molecule has 0 bridgehead atoms. The molecule has 0 aliphatic rings. The number of amides is 1. The van der Waals surface area contributed by atoms with Crippen molar-refractivity contribution in [2.45, 2.75) is 19.4 Å². The Hall–Kier alpha value is -1.07. The van der Waals surface area contributed by atoms with Crippen LogP contribution in [0.1, 0.15) is 23.7 Å². The minimum absolute atomic E-state index is 0.0959. The van der Waals surface area contributed by atoms with E-state index in [1.54, 1.807) is 44.2 Å². The molecule has 1 amide bonds. The average molecular weight is 316 g/mol. The first-order chi connectivity index (χ1) is 8.45. The number of hydrogen-bond donors (Lipinski definition) is 1. The first-order valence-electron chi connectivity index (χ1n) is 5.72. The van der Waals surface area contributed by atoms with Gasteiger partial charge in [0.2, 0.25) is 0 Å². The van der Waals surface area contributed by atoms with Gasteiger partial charge >= 0.3 is 0 Å². The third-order valence-corrected chi connectivity index (χ3v) is 3.32. The second-order valence-electron chi connectivity index (χ2n) is 4.21. The van der Waals surface area contributed by atoms with Crippen LogP contribution in [0.15, 0.2) is 22.7 Å². The molecule has 0 aliphatic heterocycles. The molecule has 0 aliphatic carbocycles. The van der Waals surface area contributed by atoms with E-state index in [0.717, 1.165) is 4.47 Å². The number of methoxy groups -OCH3 is 1. The minimum Gasteiger partial charge on any atom is -0.497 e. The molecule has 1 aromatic carbocycles. The van der Waals surface area contributed by atoms with E-state index >= 15 is 0 Å². The number of halogens is 1. The van der Waals surface area contributed by atoms with E-state index in [2.05, 4.69) is 15.9 Å². The fourth-order valence-corrected chi connectivity index (χ4v) is 1.90. The van der Waals surface area contributed by atoms with E-state index < -0.39 is 6.10 Å². The van der Waals surface area contributed by atoms with Gasteiger partial charge in [-0.05, 0) is 47.5 Å². The highest BCUT2D eigenvalue weighted by atomic mass is 79.9. The maximum absolute atomic E-state index is 12.2. The Bertz CT molecular complexity index is 421. The van der Waals surface area contributed by atoms with Crippen molar-refractivity contribution in [2.75, 3.05) is 20.7 Å². The predicted molar refractivity (Wildman–Crippen MR) is 74.0 cm³/mol. The van der Waals surface area contributed by atoms with Gasteiger partial charge in [-0.2, -0.15) is 0 Å². The third kappa shape index (κ3) is 3.99. The van der Waals surface area contributed by atoms with Crippen LogP contribution in [-0.4, -0.2) is 42.7 Å². The summed E-state index contributed by atoms with van der Waals surface area (Å²) >= 11 is 3.36. The molecular weight excluding hydrogens is 298 g/mol.